The van der Waals surface area contributed by atoms with Crippen LogP contribution in [0.1, 0.15) is 53.1 Å². The number of nitrogens with one attached hydrogen (secondary N) is 1. The van der Waals surface area contributed by atoms with Crippen LogP contribution < -0.4 is 5.43 Å². The molecule has 1 N–H and O–H groups in total. The van der Waals surface area contributed by atoms with Gasteiger partial charge in [0.05, 0.1) is 30.5 Å². The lowest BCUT2D eigenvalue weighted by molar-refractivity contribution is -0.120. The lowest BCUT2D eigenvalue weighted by Crippen LogP contribution is -2.41. The molecule has 28 heavy (non-hydrogen) atoms. The molecular weight excluding hydrogens is 356 g/mol. The topological polar surface area (TPSA) is 52.2 Å². The summed E-state index contributed by atoms with van der Waals surface area (Å²) in [6.45, 7) is 13.2. The summed E-state index contributed by atoms with van der Waals surface area (Å²) in [5.41, 5.74) is 4.05. The van der Waals surface area contributed by atoms with Gasteiger partial charge in [-0.1, -0.05) is 30.3 Å². The van der Waals surface area contributed by atoms with Gasteiger partial charge in [0.1, 0.15) is 12.2 Å². The molecule has 6 heteroatoms. The first-order valence-corrected chi connectivity index (χ1v) is 10.0. The number of ether oxygens (including phenoxy) is 4. The zero-order valence-corrected chi connectivity index (χ0v) is 18.7. The molecule has 0 saturated carbocycles. The molecule has 0 spiro atoms. The van der Waals surface area contributed by atoms with Gasteiger partial charge < -0.3 is 18.9 Å². The summed E-state index contributed by atoms with van der Waals surface area (Å²) in [5, 5.41) is 1.92. The van der Waals surface area contributed by atoms with Gasteiger partial charge in [0.25, 0.3) is 0 Å². The van der Waals surface area contributed by atoms with Gasteiger partial charge in [0, 0.05) is 14.1 Å². The van der Waals surface area contributed by atoms with E-state index in [0.29, 0.717) is 13.2 Å². The highest BCUT2D eigenvalue weighted by molar-refractivity contribution is 5.19. The molecule has 1 aromatic carbocycles. The van der Waals surface area contributed by atoms with E-state index >= 15 is 0 Å². The second-order valence-corrected chi connectivity index (χ2v) is 9.48. The molecule has 1 aromatic rings. The fourth-order valence-electron chi connectivity index (χ4n) is 2.90. The minimum atomic E-state index is -0.438. The Kier molecular flexibility index (Phi) is 8.02. The van der Waals surface area contributed by atoms with Crippen molar-refractivity contribution >= 4 is 0 Å². The van der Waals surface area contributed by atoms with Crippen LogP contribution in [0.15, 0.2) is 30.3 Å². The van der Waals surface area contributed by atoms with Gasteiger partial charge in [-0.05, 0) is 47.1 Å². The molecule has 0 bridgehead atoms. The number of benzene rings is 1. The van der Waals surface area contributed by atoms with Gasteiger partial charge in [0.15, 0.2) is 6.29 Å². The largest absolute Gasteiger partial charge is 0.373 e. The fraction of sp³-hybridized carbons (Fsp3) is 0.727. The van der Waals surface area contributed by atoms with Gasteiger partial charge in [-0.3, -0.25) is 0 Å². The Morgan fingerprint density at radius 2 is 1.36 bits per heavy atom. The van der Waals surface area contributed by atoms with Crippen LogP contribution in [-0.2, 0) is 18.9 Å². The van der Waals surface area contributed by atoms with Gasteiger partial charge in [0.2, 0.25) is 0 Å². The van der Waals surface area contributed by atoms with Crippen LogP contribution in [0.25, 0.3) is 0 Å². The molecule has 6 nitrogen and oxygen atoms in total. The van der Waals surface area contributed by atoms with Crippen molar-refractivity contribution in [2.75, 3.05) is 27.3 Å². The minimum Gasteiger partial charge on any atom is -0.373 e. The van der Waals surface area contributed by atoms with Gasteiger partial charge in [-0.2, -0.15) is 0 Å². The molecule has 1 heterocycles. The molecule has 1 aliphatic heterocycles. The second kappa shape index (κ2) is 9.65. The average Bonchev–Trinajstić information content (AvgIpc) is 2.98. The summed E-state index contributed by atoms with van der Waals surface area (Å²) < 4.78 is 24.7. The maximum Gasteiger partial charge on any atom is 0.179 e. The third-order valence-electron chi connectivity index (χ3n) is 4.22. The highest BCUT2D eigenvalue weighted by Gasteiger charge is 2.42. The van der Waals surface area contributed by atoms with Crippen LogP contribution >= 0.6 is 0 Å². The first-order valence-electron chi connectivity index (χ1n) is 10.0. The molecule has 160 valence electrons. The summed E-state index contributed by atoms with van der Waals surface area (Å²) >= 11 is 0. The zero-order valence-electron chi connectivity index (χ0n) is 18.7. The summed E-state index contributed by atoms with van der Waals surface area (Å²) in [5.74, 6) is 0. The van der Waals surface area contributed by atoms with Crippen molar-refractivity contribution in [1.82, 2.24) is 10.4 Å². The monoisotopic (exact) mass is 394 g/mol. The van der Waals surface area contributed by atoms with E-state index < -0.39 is 6.29 Å². The molecule has 1 fully saturated rings. The van der Waals surface area contributed by atoms with Gasteiger partial charge in [-0.25, -0.2) is 10.4 Å². The molecule has 0 unspecified atom stereocenters. The van der Waals surface area contributed by atoms with E-state index in [2.05, 4.69) is 17.6 Å². The quantitative estimate of drug-likeness (QED) is 0.681. The number of hydrogen-bond acceptors (Lipinski definition) is 6. The number of rotatable bonds is 8. The van der Waals surface area contributed by atoms with E-state index in [1.165, 1.54) is 0 Å². The number of hydrogen-bond donors (Lipinski definition) is 1. The molecule has 0 amide bonds. The second-order valence-electron chi connectivity index (χ2n) is 9.48. The zero-order chi connectivity index (χ0) is 20.9. The standard InChI is InChI=1S/C22H38N2O4/c1-21(2,3)25-14-17-18(15-26-22(4,5)6)28-20(27-17)19(23-24(7)8)16-12-10-9-11-13-16/h9-13,17-20,23H,14-15H2,1-8H3/t17-,18-,19+/m0/s1. The molecule has 3 atom stereocenters. The molecular formula is C22H38N2O4. The predicted molar refractivity (Wildman–Crippen MR) is 111 cm³/mol. The fourth-order valence-corrected chi connectivity index (χ4v) is 2.90. The van der Waals surface area contributed by atoms with Crippen LogP contribution in [0.2, 0.25) is 0 Å². The number of nitrogens with zero attached hydrogens (tertiary/aromatic N) is 1. The van der Waals surface area contributed by atoms with E-state index in [1.54, 1.807) is 0 Å². The van der Waals surface area contributed by atoms with E-state index in [-0.39, 0.29) is 29.5 Å². The van der Waals surface area contributed by atoms with E-state index in [4.69, 9.17) is 18.9 Å². The Morgan fingerprint density at radius 3 is 1.75 bits per heavy atom. The maximum absolute atomic E-state index is 6.34. The Bertz CT molecular complexity index is 554. The molecule has 1 aliphatic rings. The highest BCUT2D eigenvalue weighted by atomic mass is 16.7. The SMILES string of the molecule is CN(C)N[C@H](c1ccccc1)C1O[C@@H](COC(C)(C)C)[C@H](COC(C)(C)C)O1. The van der Waals surface area contributed by atoms with Crippen molar-refractivity contribution in [3.05, 3.63) is 35.9 Å². The van der Waals surface area contributed by atoms with Crippen LogP contribution in [0.5, 0.6) is 0 Å². The predicted octanol–water partition coefficient (Wildman–Crippen LogP) is 3.53. The summed E-state index contributed by atoms with van der Waals surface area (Å²) in [6.07, 6.45) is -0.824. The van der Waals surface area contributed by atoms with E-state index in [0.717, 1.165) is 5.56 Å². The molecule has 0 radical (unpaired) electrons. The Labute approximate surface area is 170 Å². The lowest BCUT2D eigenvalue weighted by Gasteiger charge is -2.28. The maximum atomic E-state index is 6.34. The van der Waals surface area contributed by atoms with Gasteiger partial charge >= 0.3 is 0 Å². The highest BCUT2D eigenvalue weighted by Crippen LogP contribution is 2.31. The van der Waals surface area contributed by atoms with E-state index in [9.17, 15) is 0 Å². The first-order chi connectivity index (χ1) is 12.9. The molecule has 2 rings (SSSR count). The lowest BCUT2D eigenvalue weighted by atomic mass is 10.1. The Morgan fingerprint density at radius 1 is 0.893 bits per heavy atom. The van der Waals surface area contributed by atoms with Crippen LogP contribution in [0.3, 0.4) is 0 Å². The molecule has 0 aliphatic carbocycles. The van der Waals surface area contributed by atoms with Crippen molar-refractivity contribution in [2.45, 2.75) is 77.3 Å². The van der Waals surface area contributed by atoms with Crippen molar-refractivity contribution in [3.63, 3.8) is 0 Å². The minimum absolute atomic E-state index is 0.132. The summed E-state index contributed by atoms with van der Waals surface area (Å²) in [4.78, 5) is 0. The van der Waals surface area contributed by atoms with Crippen LogP contribution in [0, 0.1) is 0 Å². The third kappa shape index (κ3) is 7.78. The normalized spacial score (nSPS) is 22.8. The molecule has 1 saturated heterocycles. The van der Waals surface area contributed by atoms with Crippen molar-refractivity contribution in [3.8, 4) is 0 Å². The van der Waals surface area contributed by atoms with E-state index in [1.807, 2.05) is 78.8 Å². The first kappa shape index (κ1) is 23.3. The van der Waals surface area contributed by atoms with Crippen LogP contribution in [0.4, 0.5) is 0 Å². The smallest absolute Gasteiger partial charge is 0.179 e. The summed E-state index contributed by atoms with van der Waals surface area (Å²) in [7, 11) is 3.93. The number of hydrazine groups is 1. The summed E-state index contributed by atoms with van der Waals surface area (Å²) in [6, 6.07) is 10.1. The van der Waals surface area contributed by atoms with Crippen LogP contribution in [-0.4, -0.2) is 62.0 Å². The van der Waals surface area contributed by atoms with Gasteiger partial charge in [-0.15, -0.1) is 0 Å². The Balaban J connectivity index is 2.15. The molecule has 0 aromatic heterocycles. The van der Waals surface area contributed by atoms with Crippen molar-refractivity contribution in [1.29, 1.82) is 0 Å². The van der Waals surface area contributed by atoms with Crippen molar-refractivity contribution < 1.29 is 18.9 Å². The third-order valence-corrected chi connectivity index (χ3v) is 4.22. The average molecular weight is 395 g/mol. The van der Waals surface area contributed by atoms with Crippen molar-refractivity contribution in [2.24, 2.45) is 0 Å². The Hall–Kier alpha value is -1.02.